The highest BCUT2D eigenvalue weighted by Gasteiger charge is 1.99. The highest BCUT2D eigenvalue weighted by molar-refractivity contribution is 8.06. The van der Waals surface area contributed by atoms with E-state index in [9.17, 15) is 4.57 Å². The van der Waals surface area contributed by atoms with Gasteiger partial charge in [-0.3, -0.25) is 0 Å². The SMILES string of the molecule is CCCCCCCCCCCCCCCCCCCCCCCC.CCC[P+](=O)P. The molecule has 30 heavy (non-hydrogen) atoms. The molecule has 182 valence electrons. The van der Waals surface area contributed by atoms with Gasteiger partial charge in [-0.15, -0.1) is 0 Å². The van der Waals surface area contributed by atoms with E-state index in [1.54, 1.807) is 0 Å². The monoisotopic (exact) mass is 461 g/mol. The summed E-state index contributed by atoms with van der Waals surface area (Å²) in [4.78, 5) is 0. The minimum absolute atomic E-state index is 0.847. The van der Waals surface area contributed by atoms with E-state index >= 15 is 0 Å². The second kappa shape index (κ2) is 31.7. The highest BCUT2D eigenvalue weighted by atomic mass is 32.0. The maximum atomic E-state index is 10.2. The molecule has 0 rings (SSSR count). The largest absolute Gasteiger partial charge is 0.348 e. The summed E-state index contributed by atoms with van der Waals surface area (Å²) in [7, 11) is 1.35. The summed E-state index contributed by atoms with van der Waals surface area (Å²) < 4.78 is 10.2. The summed E-state index contributed by atoms with van der Waals surface area (Å²) in [6.45, 7) is 6.63. The summed E-state index contributed by atoms with van der Waals surface area (Å²) in [5.74, 6) is 0. The van der Waals surface area contributed by atoms with Crippen LogP contribution in [0.2, 0.25) is 0 Å². The third-order valence-corrected chi connectivity index (χ3v) is 7.56. The lowest BCUT2D eigenvalue weighted by molar-refractivity contribution is 0.520. The normalized spacial score (nSPS) is 11.3. The van der Waals surface area contributed by atoms with Crippen molar-refractivity contribution >= 4 is 16.4 Å². The second-order valence-electron chi connectivity index (χ2n) is 9.21. The van der Waals surface area contributed by atoms with Crippen molar-refractivity contribution < 1.29 is 4.57 Å². The lowest BCUT2D eigenvalue weighted by atomic mass is 10.0. The molecule has 0 radical (unpaired) electrons. The van der Waals surface area contributed by atoms with Gasteiger partial charge < -0.3 is 0 Å². The molecule has 0 aromatic rings. The maximum absolute atomic E-state index is 10.2. The fourth-order valence-corrected chi connectivity index (χ4v) is 5.12. The molecule has 2 atom stereocenters. The Morgan fingerprint density at radius 1 is 0.400 bits per heavy atom. The van der Waals surface area contributed by atoms with Crippen LogP contribution in [-0.2, 0) is 4.57 Å². The molecule has 0 aromatic carbocycles. The molecule has 0 spiro atoms. The molecule has 0 aliphatic heterocycles. The van der Waals surface area contributed by atoms with Crippen LogP contribution in [0, 0.1) is 0 Å². The predicted molar refractivity (Wildman–Crippen MR) is 145 cm³/mol. The van der Waals surface area contributed by atoms with E-state index in [0.29, 0.717) is 0 Å². The summed E-state index contributed by atoms with van der Waals surface area (Å²) in [5.41, 5.74) is 0. The van der Waals surface area contributed by atoms with Crippen LogP contribution in [0.4, 0.5) is 0 Å². The molecule has 0 aliphatic carbocycles. The Morgan fingerprint density at radius 2 is 0.600 bits per heavy atom. The molecule has 1 nitrogen and oxygen atoms in total. The van der Waals surface area contributed by atoms with Crippen molar-refractivity contribution in [1.29, 1.82) is 0 Å². The standard InChI is InChI=1S/C24H50.C3H9OP2/c1-3-5-7-9-11-13-15-17-19-21-23-24-22-20-18-16-14-12-10-8-6-4-2;1-2-3-6(4)5/h3-24H2,1-2H3;2-3,5H2,1H3/q;+1. The van der Waals surface area contributed by atoms with Gasteiger partial charge in [0, 0.05) is 0 Å². The van der Waals surface area contributed by atoms with E-state index in [-0.39, 0.29) is 0 Å². The molecule has 0 heterocycles. The average Bonchev–Trinajstić information content (AvgIpc) is 2.73. The van der Waals surface area contributed by atoms with Crippen LogP contribution in [0.3, 0.4) is 0 Å². The molecular formula is C27H59OP2+. The van der Waals surface area contributed by atoms with Gasteiger partial charge in [0.1, 0.15) is 15.1 Å². The van der Waals surface area contributed by atoms with E-state index < -0.39 is 7.49 Å². The minimum atomic E-state index is -0.934. The Kier molecular flexibility index (Phi) is 34.6. The molecule has 0 saturated heterocycles. The van der Waals surface area contributed by atoms with Crippen molar-refractivity contribution in [2.75, 3.05) is 6.16 Å². The van der Waals surface area contributed by atoms with Gasteiger partial charge in [0.15, 0.2) is 0 Å². The van der Waals surface area contributed by atoms with Crippen molar-refractivity contribution in [2.24, 2.45) is 0 Å². The zero-order valence-corrected chi connectivity index (χ0v) is 23.5. The number of hydrogen-bond acceptors (Lipinski definition) is 1. The van der Waals surface area contributed by atoms with Crippen molar-refractivity contribution in [3.8, 4) is 0 Å². The van der Waals surface area contributed by atoms with Crippen molar-refractivity contribution in [3.63, 3.8) is 0 Å². The average molecular weight is 462 g/mol. The maximum Gasteiger partial charge on any atom is 0.348 e. The summed E-state index contributed by atoms with van der Waals surface area (Å²) >= 11 is 0. The smallest absolute Gasteiger partial charge is 0.0729 e. The fraction of sp³-hybridized carbons (Fsp3) is 1.00. The lowest BCUT2D eigenvalue weighted by Gasteiger charge is -2.04. The molecule has 3 heteroatoms. The molecular weight excluding hydrogens is 402 g/mol. The van der Waals surface area contributed by atoms with E-state index in [0.717, 1.165) is 12.6 Å². The third-order valence-electron chi connectivity index (χ3n) is 5.90. The molecule has 0 bridgehead atoms. The minimum Gasteiger partial charge on any atom is -0.0729 e. The van der Waals surface area contributed by atoms with Gasteiger partial charge in [0.2, 0.25) is 0 Å². The van der Waals surface area contributed by atoms with Gasteiger partial charge in [-0.05, 0) is 6.42 Å². The Labute approximate surface area is 195 Å². The zero-order chi connectivity index (χ0) is 22.5. The Bertz CT molecular complexity index is 285. The quantitative estimate of drug-likeness (QED) is 0.109. The van der Waals surface area contributed by atoms with Crippen molar-refractivity contribution in [1.82, 2.24) is 0 Å². The topological polar surface area (TPSA) is 17.1 Å². The van der Waals surface area contributed by atoms with Crippen LogP contribution in [0.25, 0.3) is 0 Å². The first-order valence-electron chi connectivity index (χ1n) is 13.9. The van der Waals surface area contributed by atoms with Crippen LogP contribution >= 0.6 is 16.4 Å². The first-order valence-corrected chi connectivity index (χ1v) is 16.9. The number of hydrogen-bond donors (Lipinski definition) is 0. The van der Waals surface area contributed by atoms with Crippen LogP contribution < -0.4 is 0 Å². The van der Waals surface area contributed by atoms with Crippen LogP contribution in [0.15, 0.2) is 0 Å². The molecule has 0 N–H and O–H groups in total. The van der Waals surface area contributed by atoms with Gasteiger partial charge in [-0.2, -0.15) is 0 Å². The first-order chi connectivity index (χ1) is 14.7. The van der Waals surface area contributed by atoms with Crippen LogP contribution in [0.1, 0.15) is 168 Å². The summed E-state index contributed by atoms with van der Waals surface area (Å²) in [5, 5.41) is 0. The van der Waals surface area contributed by atoms with E-state index in [4.69, 9.17) is 0 Å². The van der Waals surface area contributed by atoms with Gasteiger partial charge >= 0.3 is 7.49 Å². The number of rotatable bonds is 23. The molecule has 0 saturated carbocycles. The lowest BCUT2D eigenvalue weighted by Crippen LogP contribution is -1.84. The Balaban J connectivity index is 0. The molecule has 0 aromatic heterocycles. The van der Waals surface area contributed by atoms with E-state index in [1.807, 2.05) is 6.92 Å². The van der Waals surface area contributed by atoms with Gasteiger partial charge in [0.05, 0.1) is 0 Å². The zero-order valence-electron chi connectivity index (χ0n) is 21.4. The molecule has 0 aliphatic rings. The third kappa shape index (κ3) is 35.9. The van der Waals surface area contributed by atoms with Gasteiger partial charge in [-0.1, -0.05) is 167 Å². The predicted octanol–water partition coefficient (Wildman–Crippen LogP) is 11.6. The van der Waals surface area contributed by atoms with Crippen LogP contribution in [-0.4, -0.2) is 6.16 Å². The van der Waals surface area contributed by atoms with E-state index in [2.05, 4.69) is 22.8 Å². The first kappa shape index (κ1) is 32.7. The fourth-order valence-electron chi connectivity index (χ4n) is 3.90. The number of unbranched alkanes of at least 4 members (excludes halogenated alkanes) is 21. The van der Waals surface area contributed by atoms with Crippen LogP contribution in [0.5, 0.6) is 0 Å². The Morgan fingerprint density at radius 3 is 0.700 bits per heavy atom. The van der Waals surface area contributed by atoms with Gasteiger partial charge in [0.25, 0.3) is 0 Å². The molecule has 2 unspecified atom stereocenters. The molecule has 0 fully saturated rings. The van der Waals surface area contributed by atoms with Gasteiger partial charge in [-0.25, -0.2) is 0 Å². The van der Waals surface area contributed by atoms with Crippen molar-refractivity contribution in [2.45, 2.75) is 168 Å². The van der Waals surface area contributed by atoms with Crippen molar-refractivity contribution in [3.05, 3.63) is 0 Å². The summed E-state index contributed by atoms with van der Waals surface area (Å²) in [6, 6.07) is 0. The second-order valence-corrected chi connectivity index (χ2v) is 12.2. The highest BCUT2D eigenvalue weighted by Crippen LogP contribution is 2.30. The summed E-state index contributed by atoms with van der Waals surface area (Å²) in [6.07, 6.45) is 34.3. The van der Waals surface area contributed by atoms with E-state index in [1.165, 1.54) is 141 Å². The Hall–Kier alpha value is 0.530. The molecule has 0 amide bonds.